The number of carboxylic acid groups (broad SMARTS) is 1. The lowest BCUT2D eigenvalue weighted by molar-refractivity contribution is -0.121. The summed E-state index contributed by atoms with van der Waals surface area (Å²) in [6, 6.07) is 0. The summed E-state index contributed by atoms with van der Waals surface area (Å²) in [6.07, 6.45) is 2.90. The largest absolute Gasteiger partial charge is 0.478 e. The molecule has 1 heterocycles. The van der Waals surface area contributed by atoms with Gasteiger partial charge in [-0.3, -0.25) is 9.48 Å². The van der Waals surface area contributed by atoms with E-state index in [0.717, 1.165) is 0 Å². The molecule has 1 amide bonds. The fourth-order valence-electron chi connectivity index (χ4n) is 1.19. The summed E-state index contributed by atoms with van der Waals surface area (Å²) in [5.74, 6) is -1.14. The van der Waals surface area contributed by atoms with Gasteiger partial charge in [0.2, 0.25) is 5.91 Å². The Hall–Kier alpha value is -1.89. The standard InChI is InChI=1S/C10H15N3O4/c1-17-5-3-11-9(14)2-4-13-7-8(6-12-13)10(15)16/h6-7H,2-5H2,1H3,(H,11,14)(H,15,16). The van der Waals surface area contributed by atoms with E-state index < -0.39 is 5.97 Å². The number of hydrogen-bond acceptors (Lipinski definition) is 4. The molecule has 1 aromatic heterocycles. The number of methoxy groups -OCH3 is 1. The fraction of sp³-hybridized carbons (Fsp3) is 0.500. The summed E-state index contributed by atoms with van der Waals surface area (Å²) >= 11 is 0. The highest BCUT2D eigenvalue weighted by Gasteiger charge is 2.07. The maximum absolute atomic E-state index is 11.3. The number of amides is 1. The van der Waals surface area contributed by atoms with Crippen LogP contribution in [0.3, 0.4) is 0 Å². The molecule has 0 bridgehead atoms. The molecule has 0 aliphatic rings. The fourth-order valence-corrected chi connectivity index (χ4v) is 1.19. The second-order valence-electron chi connectivity index (χ2n) is 3.39. The zero-order chi connectivity index (χ0) is 12.7. The van der Waals surface area contributed by atoms with Crippen LogP contribution in [0, 0.1) is 0 Å². The minimum atomic E-state index is -1.03. The van der Waals surface area contributed by atoms with Gasteiger partial charge in [-0.25, -0.2) is 4.79 Å². The predicted molar refractivity (Wildman–Crippen MR) is 58.7 cm³/mol. The van der Waals surface area contributed by atoms with Crippen LogP contribution >= 0.6 is 0 Å². The molecule has 17 heavy (non-hydrogen) atoms. The highest BCUT2D eigenvalue weighted by atomic mass is 16.5. The number of carboxylic acids is 1. The normalized spacial score (nSPS) is 10.2. The maximum Gasteiger partial charge on any atom is 0.338 e. The SMILES string of the molecule is COCCNC(=O)CCn1cc(C(=O)O)cn1. The van der Waals surface area contributed by atoms with E-state index in [2.05, 4.69) is 10.4 Å². The van der Waals surface area contributed by atoms with Crippen LogP contribution in [0.15, 0.2) is 12.4 Å². The summed E-state index contributed by atoms with van der Waals surface area (Å²) in [5.41, 5.74) is 0.116. The van der Waals surface area contributed by atoms with Gasteiger partial charge in [-0.2, -0.15) is 5.10 Å². The molecule has 0 aliphatic heterocycles. The van der Waals surface area contributed by atoms with Gasteiger partial charge in [-0.15, -0.1) is 0 Å². The lowest BCUT2D eigenvalue weighted by Crippen LogP contribution is -2.27. The number of nitrogens with zero attached hydrogens (tertiary/aromatic N) is 2. The van der Waals surface area contributed by atoms with Crippen molar-refractivity contribution in [1.29, 1.82) is 0 Å². The molecule has 0 radical (unpaired) electrons. The van der Waals surface area contributed by atoms with E-state index in [4.69, 9.17) is 9.84 Å². The van der Waals surface area contributed by atoms with Crippen LogP contribution in [0.5, 0.6) is 0 Å². The average Bonchev–Trinajstić information content (AvgIpc) is 2.75. The van der Waals surface area contributed by atoms with Gasteiger partial charge in [-0.05, 0) is 0 Å². The predicted octanol–water partition coefficient (Wildman–Crippen LogP) is -0.266. The van der Waals surface area contributed by atoms with E-state index in [1.165, 1.54) is 17.1 Å². The minimum Gasteiger partial charge on any atom is -0.478 e. The number of hydrogen-bond donors (Lipinski definition) is 2. The Labute approximate surface area is 98.4 Å². The Morgan fingerprint density at radius 1 is 1.59 bits per heavy atom. The van der Waals surface area contributed by atoms with Crippen molar-refractivity contribution in [3.05, 3.63) is 18.0 Å². The number of aromatic carboxylic acids is 1. The first-order valence-electron chi connectivity index (χ1n) is 5.15. The van der Waals surface area contributed by atoms with E-state index in [1.807, 2.05) is 0 Å². The van der Waals surface area contributed by atoms with Crippen molar-refractivity contribution < 1.29 is 19.4 Å². The molecule has 2 N–H and O–H groups in total. The zero-order valence-corrected chi connectivity index (χ0v) is 9.55. The van der Waals surface area contributed by atoms with E-state index >= 15 is 0 Å². The molecular weight excluding hydrogens is 226 g/mol. The average molecular weight is 241 g/mol. The van der Waals surface area contributed by atoms with E-state index in [9.17, 15) is 9.59 Å². The molecule has 0 fully saturated rings. The van der Waals surface area contributed by atoms with Gasteiger partial charge in [-0.1, -0.05) is 0 Å². The van der Waals surface area contributed by atoms with Crippen LogP contribution in [-0.4, -0.2) is 47.0 Å². The molecular formula is C10H15N3O4. The molecule has 0 spiro atoms. The van der Waals surface area contributed by atoms with Crippen LogP contribution in [0.4, 0.5) is 0 Å². The monoisotopic (exact) mass is 241 g/mol. The Balaban J connectivity index is 2.29. The molecule has 0 saturated heterocycles. The molecule has 0 unspecified atom stereocenters. The molecule has 1 aromatic rings. The van der Waals surface area contributed by atoms with Crippen molar-refractivity contribution in [1.82, 2.24) is 15.1 Å². The highest BCUT2D eigenvalue weighted by Crippen LogP contribution is 1.98. The van der Waals surface area contributed by atoms with Crippen molar-refractivity contribution in [2.75, 3.05) is 20.3 Å². The van der Waals surface area contributed by atoms with Gasteiger partial charge >= 0.3 is 5.97 Å². The van der Waals surface area contributed by atoms with Crippen molar-refractivity contribution in [3.63, 3.8) is 0 Å². The number of carbonyl (C=O) groups is 2. The van der Waals surface area contributed by atoms with Gasteiger partial charge in [0.1, 0.15) is 0 Å². The molecule has 94 valence electrons. The molecule has 0 atom stereocenters. The number of rotatable bonds is 7. The van der Waals surface area contributed by atoms with Crippen LogP contribution in [0.25, 0.3) is 0 Å². The van der Waals surface area contributed by atoms with E-state index in [0.29, 0.717) is 19.7 Å². The Kier molecular flexibility index (Phi) is 5.15. The van der Waals surface area contributed by atoms with Gasteiger partial charge in [0.15, 0.2) is 0 Å². The van der Waals surface area contributed by atoms with Crippen molar-refractivity contribution in [3.8, 4) is 0 Å². The highest BCUT2D eigenvalue weighted by molar-refractivity contribution is 5.86. The van der Waals surface area contributed by atoms with Crippen molar-refractivity contribution in [2.45, 2.75) is 13.0 Å². The topological polar surface area (TPSA) is 93.5 Å². The molecule has 0 aromatic carbocycles. The summed E-state index contributed by atoms with van der Waals surface area (Å²) in [4.78, 5) is 21.9. The third kappa shape index (κ3) is 4.64. The van der Waals surface area contributed by atoms with Crippen LogP contribution in [0.1, 0.15) is 16.8 Å². The summed E-state index contributed by atoms with van der Waals surface area (Å²) in [7, 11) is 1.56. The molecule has 0 saturated carbocycles. The van der Waals surface area contributed by atoms with Gasteiger partial charge in [0, 0.05) is 32.8 Å². The molecule has 0 aliphatic carbocycles. The molecule has 7 nitrogen and oxygen atoms in total. The summed E-state index contributed by atoms with van der Waals surface area (Å²) < 4.78 is 6.22. The Morgan fingerprint density at radius 3 is 2.94 bits per heavy atom. The number of ether oxygens (including phenoxy) is 1. The first kappa shape index (κ1) is 13.2. The van der Waals surface area contributed by atoms with Gasteiger partial charge in [0.25, 0.3) is 0 Å². The quantitative estimate of drug-likeness (QED) is 0.641. The first-order chi connectivity index (χ1) is 8.13. The molecule has 7 heteroatoms. The van der Waals surface area contributed by atoms with Crippen LogP contribution < -0.4 is 5.32 Å². The Bertz CT molecular complexity index is 389. The zero-order valence-electron chi connectivity index (χ0n) is 9.55. The third-order valence-electron chi connectivity index (χ3n) is 2.08. The summed E-state index contributed by atoms with van der Waals surface area (Å²) in [6.45, 7) is 1.29. The van der Waals surface area contributed by atoms with Crippen LogP contribution in [0.2, 0.25) is 0 Å². The van der Waals surface area contributed by atoms with Crippen LogP contribution in [-0.2, 0) is 16.1 Å². The second kappa shape index (κ2) is 6.64. The van der Waals surface area contributed by atoms with Crippen molar-refractivity contribution in [2.24, 2.45) is 0 Å². The molecule has 1 rings (SSSR count). The maximum atomic E-state index is 11.3. The van der Waals surface area contributed by atoms with E-state index in [1.54, 1.807) is 7.11 Å². The lowest BCUT2D eigenvalue weighted by Gasteiger charge is -2.04. The minimum absolute atomic E-state index is 0.116. The second-order valence-corrected chi connectivity index (χ2v) is 3.39. The smallest absolute Gasteiger partial charge is 0.338 e. The number of aromatic nitrogens is 2. The third-order valence-corrected chi connectivity index (χ3v) is 2.08. The first-order valence-corrected chi connectivity index (χ1v) is 5.15. The lowest BCUT2D eigenvalue weighted by atomic mass is 10.3. The van der Waals surface area contributed by atoms with Crippen molar-refractivity contribution >= 4 is 11.9 Å². The van der Waals surface area contributed by atoms with Gasteiger partial charge in [0.05, 0.1) is 18.4 Å². The van der Waals surface area contributed by atoms with E-state index in [-0.39, 0.29) is 17.9 Å². The van der Waals surface area contributed by atoms with Gasteiger partial charge < -0.3 is 15.2 Å². The number of nitrogens with one attached hydrogen (secondary N) is 1. The number of carbonyl (C=O) groups excluding carboxylic acids is 1. The number of aryl methyl sites for hydroxylation is 1. The summed E-state index contributed by atoms with van der Waals surface area (Å²) in [5, 5.41) is 15.2. The Morgan fingerprint density at radius 2 is 2.35 bits per heavy atom.